The summed E-state index contributed by atoms with van der Waals surface area (Å²) in [5.41, 5.74) is 2.79. The van der Waals surface area contributed by atoms with E-state index in [0.717, 1.165) is 26.3 Å². The number of nitrogens with zero attached hydrogens (tertiary/aromatic N) is 3. The third-order valence-corrected chi connectivity index (χ3v) is 7.06. The number of imide groups is 2. The highest BCUT2D eigenvalue weighted by Crippen LogP contribution is 2.30. The highest BCUT2D eigenvalue weighted by Gasteiger charge is 2.42. The van der Waals surface area contributed by atoms with Crippen molar-refractivity contribution in [2.75, 3.05) is 25.2 Å². The molecule has 0 aliphatic carbocycles. The molecule has 1 fully saturated rings. The van der Waals surface area contributed by atoms with Crippen LogP contribution in [0.4, 0.5) is 10.5 Å². The summed E-state index contributed by atoms with van der Waals surface area (Å²) in [6.07, 6.45) is 3.43. The van der Waals surface area contributed by atoms with Gasteiger partial charge in [-0.15, -0.1) is 0 Å². The van der Waals surface area contributed by atoms with E-state index in [4.69, 9.17) is 27.9 Å². The number of carbonyl (C=O) groups is 3. The van der Waals surface area contributed by atoms with Gasteiger partial charge in [0.1, 0.15) is 5.57 Å². The maximum absolute atomic E-state index is 13.6. The van der Waals surface area contributed by atoms with Crippen molar-refractivity contribution in [2.24, 2.45) is 0 Å². The van der Waals surface area contributed by atoms with Gasteiger partial charge in [0.2, 0.25) is 0 Å². The van der Waals surface area contributed by atoms with Gasteiger partial charge in [0.25, 0.3) is 11.8 Å². The number of methoxy groups -OCH3 is 1. The van der Waals surface area contributed by atoms with Crippen molar-refractivity contribution >= 4 is 63.7 Å². The Labute approximate surface area is 229 Å². The van der Waals surface area contributed by atoms with E-state index in [1.165, 1.54) is 7.11 Å². The van der Waals surface area contributed by atoms with Crippen LogP contribution in [-0.2, 0) is 20.9 Å². The van der Waals surface area contributed by atoms with E-state index in [-0.39, 0.29) is 18.7 Å². The summed E-state index contributed by atoms with van der Waals surface area (Å²) >= 11 is 12.3. The first-order valence-electron chi connectivity index (χ1n) is 11.9. The first kappa shape index (κ1) is 25.7. The van der Waals surface area contributed by atoms with Crippen molar-refractivity contribution in [2.45, 2.75) is 6.54 Å². The number of hydrogen-bond donors (Lipinski definition) is 0. The first-order valence-corrected chi connectivity index (χ1v) is 12.6. The Morgan fingerprint density at radius 3 is 2.34 bits per heavy atom. The maximum Gasteiger partial charge on any atom is 0.338 e. The van der Waals surface area contributed by atoms with E-state index in [1.54, 1.807) is 42.5 Å². The maximum atomic E-state index is 13.6. The van der Waals surface area contributed by atoms with E-state index in [2.05, 4.69) is 0 Å². The minimum Gasteiger partial charge on any atom is -0.383 e. The van der Waals surface area contributed by atoms with Crippen molar-refractivity contribution in [1.29, 1.82) is 0 Å². The molecule has 5 rings (SSSR count). The zero-order valence-corrected chi connectivity index (χ0v) is 21.9. The molecule has 0 N–H and O–H groups in total. The van der Waals surface area contributed by atoms with E-state index < -0.39 is 17.8 Å². The van der Waals surface area contributed by atoms with Crippen LogP contribution in [0.3, 0.4) is 0 Å². The number of ether oxygens (including phenoxy) is 1. The number of para-hydroxylation sites is 2. The van der Waals surface area contributed by atoms with Crippen molar-refractivity contribution in [1.82, 2.24) is 9.47 Å². The lowest BCUT2D eigenvalue weighted by molar-refractivity contribution is -0.129. The van der Waals surface area contributed by atoms with Gasteiger partial charge in [0.05, 0.1) is 28.9 Å². The minimum atomic E-state index is -0.706. The largest absolute Gasteiger partial charge is 0.383 e. The van der Waals surface area contributed by atoms with Crippen LogP contribution >= 0.6 is 23.2 Å². The van der Waals surface area contributed by atoms with Gasteiger partial charge in [-0.3, -0.25) is 14.5 Å². The molecule has 192 valence electrons. The molecular weight excluding hydrogens is 525 g/mol. The lowest BCUT2D eigenvalue weighted by atomic mass is 10.0. The molecule has 2 heterocycles. The molecule has 0 atom stereocenters. The van der Waals surface area contributed by atoms with E-state index >= 15 is 0 Å². The fourth-order valence-corrected chi connectivity index (χ4v) is 4.79. The molecule has 1 aliphatic rings. The van der Waals surface area contributed by atoms with Gasteiger partial charge in [-0.05, 0) is 42.0 Å². The smallest absolute Gasteiger partial charge is 0.338 e. The summed E-state index contributed by atoms with van der Waals surface area (Å²) < 4.78 is 7.12. The molecule has 38 heavy (non-hydrogen) atoms. The van der Waals surface area contributed by atoms with E-state index in [0.29, 0.717) is 27.8 Å². The standard InChI is InChI=1S/C29H23Cl2N3O4/c1-38-14-13-33-27(35)23(28(36)34(29(33)37)21-7-3-2-4-8-21)16-20-18-32(26-10-6-5-9-22(20)26)17-19-11-12-24(30)25(31)15-19/h2-12,15-16,18H,13-14,17H2,1H3/b23-16-. The third kappa shape index (κ3) is 4.84. The van der Waals surface area contributed by atoms with Gasteiger partial charge in [0, 0.05) is 36.3 Å². The number of aromatic nitrogens is 1. The average Bonchev–Trinajstić information content (AvgIpc) is 3.26. The number of amides is 4. The molecule has 3 aromatic carbocycles. The van der Waals surface area contributed by atoms with E-state index in [9.17, 15) is 14.4 Å². The molecule has 0 saturated carbocycles. The summed E-state index contributed by atoms with van der Waals surface area (Å²) in [4.78, 5) is 42.3. The second-order valence-electron chi connectivity index (χ2n) is 8.74. The van der Waals surface area contributed by atoms with Crippen LogP contribution in [-0.4, -0.2) is 47.6 Å². The Balaban J connectivity index is 1.60. The number of anilines is 1. The first-order chi connectivity index (χ1) is 18.4. The summed E-state index contributed by atoms with van der Waals surface area (Å²) in [5, 5.41) is 1.79. The van der Waals surface area contributed by atoms with Crippen LogP contribution in [0.1, 0.15) is 11.1 Å². The number of benzene rings is 3. The highest BCUT2D eigenvalue weighted by molar-refractivity contribution is 6.42. The molecule has 4 amide bonds. The molecule has 7 nitrogen and oxygen atoms in total. The molecule has 0 spiro atoms. The molecule has 0 radical (unpaired) electrons. The highest BCUT2D eigenvalue weighted by atomic mass is 35.5. The average molecular weight is 548 g/mol. The Morgan fingerprint density at radius 2 is 1.61 bits per heavy atom. The van der Waals surface area contributed by atoms with Gasteiger partial charge in [-0.25, -0.2) is 9.69 Å². The predicted molar refractivity (Wildman–Crippen MR) is 148 cm³/mol. The van der Waals surface area contributed by atoms with Crippen LogP contribution in [0.2, 0.25) is 10.0 Å². The fraction of sp³-hybridized carbons (Fsp3) is 0.138. The monoisotopic (exact) mass is 547 g/mol. The summed E-state index contributed by atoms with van der Waals surface area (Å²) in [6.45, 7) is 0.656. The van der Waals surface area contributed by atoms with Gasteiger partial charge in [-0.1, -0.05) is 65.7 Å². The summed E-state index contributed by atoms with van der Waals surface area (Å²) in [6, 6.07) is 21.0. The minimum absolute atomic E-state index is 0.0151. The fourth-order valence-electron chi connectivity index (χ4n) is 4.47. The molecular formula is C29H23Cl2N3O4. The number of urea groups is 1. The Hall–Kier alpha value is -3.91. The molecule has 0 unspecified atom stereocenters. The molecule has 1 aromatic heterocycles. The Morgan fingerprint density at radius 1 is 0.868 bits per heavy atom. The molecule has 0 bridgehead atoms. The topological polar surface area (TPSA) is 71.8 Å². The normalized spacial score (nSPS) is 15.2. The van der Waals surface area contributed by atoms with Crippen molar-refractivity contribution in [3.05, 3.63) is 106 Å². The number of carbonyl (C=O) groups excluding carboxylic acids is 3. The number of rotatable bonds is 7. The van der Waals surface area contributed by atoms with Crippen molar-refractivity contribution in [3.63, 3.8) is 0 Å². The second kappa shape index (κ2) is 10.8. The van der Waals surface area contributed by atoms with Gasteiger partial charge in [-0.2, -0.15) is 0 Å². The quantitative estimate of drug-likeness (QED) is 0.209. The molecule has 4 aromatic rings. The lowest BCUT2D eigenvalue weighted by Gasteiger charge is -2.33. The van der Waals surface area contributed by atoms with Gasteiger partial charge >= 0.3 is 6.03 Å². The summed E-state index contributed by atoms with van der Waals surface area (Å²) in [5.74, 6) is -1.34. The van der Waals surface area contributed by atoms with Crippen LogP contribution in [0.5, 0.6) is 0 Å². The number of hydrogen-bond acceptors (Lipinski definition) is 4. The van der Waals surface area contributed by atoms with Gasteiger partial charge < -0.3 is 9.30 Å². The van der Waals surface area contributed by atoms with Crippen LogP contribution < -0.4 is 4.90 Å². The van der Waals surface area contributed by atoms with Crippen LogP contribution in [0, 0.1) is 0 Å². The molecule has 9 heteroatoms. The summed E-state index contributed by atoms with van der Waals surface area (Å²) in [7, 11) is 1.48. The zero-order chi connectivity index (χ0) is 26.8. The zero-order valence-electron chi connectivity index (χ0n) is 20.4. The number of barbiturate groups is 1. The lowest BCUT2D eigenvalue weighted by Crippen LogP contribution is -2.57. The SMILES string of the molecule is COCCN1C(=O)/C(=C/c2cn(Cc3ccc(Cl)c(Cl)c3)c3ccccc23)C(=O)N(c2ccccc2)C1=O. The van der Waals surface area contributed by atoms with Crippen LogP contribution in [0.15, 0.2) is 84.6 Å². The number of fused-ring (bicyclic) bond motifs is 1. The Kier molecular flexibility index (Phi) is 7.33. The molecule has 1 saturated heterocycles. The van der Waals surface area contributed by atoms with Crippen molar-refractivity contribution in [3.8, 4) is 0 Å². The Bertz CT molecular complexity index is 1580. The van der Waals surface area contributed by atoms with E-state index in [1.807, 2.05) is 47.2 Å². The second-order valence-corrected chi connectivity index (χ2v) is 9.56. The van der Waals surface area contributed by atoms with Crippen molar-refractivity contribution < 1.29 is 19.1 Å². The molecule has 1 aliphatic heterocycles. The van der Waals surface area contributed by atoms with Crippen LogP contribution in [0.25, 0.3) is 17.0 Å². The third-order valence-electron chi connectivity index (χ3n) is 6.32. The van der Waals surface area contributed by atoms with Gasteiger partial charge in [0.15, 0.2) is 0 Å². The predicted octanol–water partition coefficient (Wildman–Crippen LogP) is 6.02. The number of halogens is 2.